The molecule has 0 bridgehead atoms. The number of carbonyl (C=O) groups excluding carboxylic acids is 1. The lowest BCUT2D eigenvalue weighted by Crippen LogP contribution is -2.36. The highest BCUT2D eigenvalue weighted by Crippen LogP contribution is 2.25. The van der Waals surface area contributed by atoms with Crippen LogP contribution in [0.25, 0.3) is 5.57 Å². The Morgan fingerprint density at radius 2 is 2.11 bits per heavy atom. The number of nitrogens with one attached hydrogen (secondary N) is 1. The minimum Gasteiger partial charge on any atom is -0.399 e. The third-order valence-corrected chi connectivity index (χ3v) is 4.01. The lowest BCUT2D eigenvalue weighted by Gasteiger charge is -2.23. The third kappa shape index (κ3) is 4.30. The maximum atomic E-state index is 12.4. The van der Waals surface area contributed by atoms with Gasteiger partial charge >= 0.3 is 5.88 Å². The van der Waals surface area contributed by atoms with Gasteiger partial charge in [-0.3, -0.25) is 14.9 Å². The van der Waals surface area contributed by atoms with Crippen LogP contribution in [0.3, 0.4) is 0 Å². The Hall–Kier alpha value is -3.68. The molecule has 1 unspecified atom stereocenters. The first kappa shape index (κ1) is 18.1. The number of rotatable bonds is 6. The first-order valence-electron chi connectivity index (χ1n) is 8.17. The molecule has 1 aliphatic rings. The van der Waals surface area contributed by atoms with Crippen molar-refractivity contribution in [2.45, 2.75) is 12.5 Å². The average Bonchev–Trinajstić information content (AvgIpc) is 3.18. The number of carbonyl (C=O) groups is 1. The number of hydrogen-bond donors (Lipinski definition) is 1. The van der Waals surface area contributed by atoms with Crippen molar-refractivity contribution in [1.82, 2.24) is 5.32 Å². The molecule has 27 heavy (non-hydrogen) atoms. The number of oxime groups is 1. The van der Waals surface area contributed by atoms with E-state index in [0.717, 1.165) is 22.8 Å². The number of allylic oxidation sites excluding steroid dienone is 2. The lowest BCUT2D eigenvalue weighted by atomic mass is 9.92. The van der Waals surface area contributed by atoms with Crippen molar-refractivity contribution in [1.29, 1.82) is 0 Å². The van der Waals surface area contributed by atoms with Gasteiger partial charge in [0.15, 0.2) is 5.76 Å². The van der Waals surface area contributed by atoms with Gasteiger partial charge in [-0.2, -0.15) is 0 Å². The number of furan rings is 1. The van der Waals surface area contributed by atoms with E-state index in [1.807, 2.05) is 42.5 Å². The lowest BCUT2D eigenvalue weighted by molar-refractivity contribution is -0.402. The van der Waals surface area contributed by atoms with Gasteiger partial charge in [0.1, 0.15) is 12.0 Å². The molecule has 138 valence electrons. The molecule has 1 atom stereocenters. The third-order valence-electron chi connectivity index (χ3n) is 4.01. The van der Waals surface area contributed by atoms with E-state index in [-0.39, 0.29) is 11.8 Å². The number of nitrogens with zero attached hydrogens (tertiary/aromatic N) is 2. The van der Waals surface area contributed by atoms with Crippen molar-refractivity contribution in [3.63, 3.8) is 0 Å². The van der Waals surface area contributed by atoms with Crippen molar-refractivity contribution < 1.29 is 19.0 Å². The molecule has 0 saturated carbocycles. The monoisotopic (exact) mass is 367 g/mol. The molecule has 8 heteroatoms. The van der Waals surface area contributed by atoms with Crippen LogP contribution in [-0.2, 0) is 4.84 Å². The quantitative estimate of drug-likeness (QED) is 0.479. The highest BCUT2D eigenvalue weighted by atomic mass is 16.6. The molecular weight excluding hydrogens is 350 g/mol. The SMILES string of the molecule is CO/N=C/c1ccc(C2=CC=CCC2NC(=O)c2ccc([N+](=O)[O-])o2)cc1. The van der Waals surface area contributed by atoms with Crippen LogP contribution in [0.15, 0.2) is 64.2 Å². The molecule has 0 saturated heterocycles. The molecule has 3 rings (SSSR count). The summed E-state index contributed by atoms with van der Waals surface area (Å²) in [5.74, 6) is -1.06. The number of benzene rings is 1. The normalized spacial score (nSPS) is 16.2. The van der Waals surface area contributed by atoms with Gasteiger partial charge in [0, 0.05) is 0 Å². The van der Waals surface area contributed by atoms with Gasteiger partial charge < -0.3 is 14.6 Å². The summed E-state index contributed by atoms with van der Waals surface area (Å²) >= 11 is 0. The van der Waals surface area contributed by atoms with Crippen LogP contribution in [0.1, 0.15) is 28.1 Å². The van der Waals surface area contributed by atoms with Crippen molar-refractivity contribution in [3.05, 3.63) is 81.6 Å². The number of nitro groups is 1. The number of amides is 1. The molecule has 1 aromatic heterocycles. The standard InChI is InChI=1S/C19H17N3O5/c1-26-20-12-13-6-8-14(9-7-13)15-4-2-3-5-16(15)21-19(23)17-10-11-18(27-17)22(24)25/h2-4,6-12,16H,5H2,1H3,(H,21,23)/b20-12+. The molecule has 0 fully saturated rings. The molecule has 1 amide bonds. The van der Waals surface area contributed by atoms with Crippen LogP contribution in [-0.4, -0.2) is 30.2 Å². The fourth-order valence-corrected chi connectivity index (χ4v) is 2.72. The van der Waals surface area contributed by atoms with Crippen LogP contribution >= 0.6 is 0 Å². The van der Waals surface area contributed by atoms with E-state index in [9.17, 15) is 14.9 Å². The van der Waals surface area contributed by atoms with E-state index < -0.39 is 16.7 Å². The Morgan fingerprint density at radius 3 is 2.78 bits per heavy atom. The molecule has 1 heterocycles. The molecule has 0 aliphatic heterocycles. The van der Waals surface area contributed by atoms with Gasteiger partial charge in [-0.05, 0) is 29.2 Å². The zero-order valence-electron chi connectivity index (χ0n) is 14.5. The first-order valence-corrected chi connectivity index (χ1v) is 8.17. The summed E-state index contributed by atoms with van der Waals surface area (Å²) in [7, 11) is 1.48. The second-order valence-corrected chi connectivity index (χ2v) is 5.75. The van der Waals surface area contributed by atoms with E-state index in [2.05, 4.69) is 15.3 Å². The zero-order valence-corrected chi connectivity index (χ0v) is 14.5. The summed E-state index contributed by atoms with van der Waals surface area (Å²) in [6, 6.07) is 9.83. The number of hydrogen-bond acceptors (Lipinski definition) is 6. The van der Waals surface area contributed by atoms with Gasteiger partial charge in [0.2, 0.25) is 0 Å². The molecule has 0 spiro atoms. The summed E-state index contributed by atoms with van der Waals surface area (Å²) in [5.41, 5.74) is 2.77. The first-order chi connectivity index (χ1) is 13.1. The Labute approximate surface area is 155 Å². The molecule has 1 aliphatic carbocycles. The molecule has 0 radical (unpaired) electrons. The Morgan fingerprint density at radius 1 is 1.33 bits per heavy atom. The van der Waals surface area contributed by atoms with Gasteiger partial charge in [-0.1, -0.05) is 47.6 Å². The molecular formula is C19H17N3O5. The highest BCUT2D eigenvalue weighted by Gasteiger charge is 2.23. The second-order valence-electron chi connectivity index (χ2n) is 5.75. The topological polar surface area (TPSA) is 107 Å². The Balaban J connectivity index is 1.75. The summed E-state index contributed by atoms with van der Waals surface area (Å²) in [6.45, 7) is 0. The van der Waals surface area contributed by atoms with Crippen LogP contribution < -0.4 is 5.32 Å². The second kappa shape index (κ2) is 8.13. The van der Waals surface area contributed by atoms with Crippen LogP contribution in [0, 0.1) is 10.1 Å². The minimum atomic E-state index is -0.681. The minimum absolute atomic E-state index is 0.0956. The fraction of sp³-hybridized carbons (Fsp3) is 0.158. The van der Waals surface area contributed by atoms with Crippen LogP contribution in [0.2, 0.25) is 0 Å². The van der Waals surface area contributed by atoms with Gasteiger partial charge in [-0.25, -0.2) is 0 Å². The largest absolute Gasteiger partial charge is 0.433 e. The van der Waals surface area contributed by atoms with E-state index in [4.69, 9.17) is 4.42 Å². The smallest absolute Gasteiger partial charge is 0.399 e. The van der Waals surface area contributed by atoms with E-state index in [1.165, 1.54) is 13.2 Å². The maximum absolute atomic E-state index is 12.4. The predicted molar refractivity (Wildman–Crippen MR) is 99.4 cm³/mol. The fourth-order valence-electron chi connectivity index (χ4n) is 2.72. The van der Waals surface area contributed by atoms with Crippen LogP contribution in [0.5, 0.6) is 0 Å². The van der Waals surface area contributed by atoms with Crippen molar-refractivity contribution in [3.8, 4) is 0 Å². The zero-order chi connectivity index (χ0) is 19.2. The van der Waals surface area contributed by atoms with Crippen molar-refractivity contribution in [2.24, 2.45) is 5.16 Å². The Bertz CT molecular complexity index is 925. The summed E-state index contributed by atoms with van der Waals surface area (Å²) < 4.78 is 4.97. The van der Waals surface area contributed by atoms with E-state index >= 15 is 0 Å². The predicted octanol–water partition coefficient (Wildman–Crippen LogP) is 3.31. The summed E-state index contributed by atoms with van der Waals surface area (Å²) in [6.07, 6.45) is 8.00. The maximum Gasteiger partial charge on any atom is 0.433 e. The average molecular weight is 367 g/mol. The Kier molecular flexibility index (Phi) is 5.46. The van der Waals surface area contributed by atoms with E-state index in [0.29, 0.717) is 6.42 Å². The van der Waals surface area contributed by atoms with Gasteiger partial charge in [0.05, 0.1) is 18.3 Å². The summed E-state index contributed by atoms with van der Waals surface area (Å²) in [4.78, 5) is 27.1. The molecule has 1 N–H and O–H groups in total. The van der Waals surface area contributed by atoms with E-state index in [1.54, 1.807) is 6.21 Å². The molecule has 2 aromatic rings. The van der Waals surface area contributed by atoms with Crippen molar-refractivity contribution >= 4 is 23.6 Å². The van der Waals surface area contributed by atoms with Crippen molar-refractivity contribution in [2.75, 3.05) is 7.11 Å². The summed E-state index contributed by atoms with van der Waals surface area (Å²) in [5, 5.41) is 17.3. The van der Waals surface area contributed by atoms with Gasteiger partial charge in [0.25, 0.3) is 5.91 Å². The highest BCUT2D eigenvalue weighted by molar-refractivity contribution is 5.93. The molecule has 1 aromatic carbocycles. The molecule has 8 nitrogen and oxygen atoms in total. The van der Waals surface area contributed by atoms with Crippen LogP contribution in [0.4, 0.5) is 5.88 Å². The van der Waals surface area contributed by atoms with Gasteiger partial charge in [-0.15, -0.1) is 0 Å².